The number of hydrogen-bond donors (Lipinski definition) is 2. The molecule has 3 rings (SSSR count). The molecule has 2 aliphatic heterocycles. The molecule has 0 spiro atoms. The van der Waals surface area contributed by atoms with Crippen LogP contribution in [0.15, 0.2) is 23.1 Å². The molecular weight excluding hydrogens is 290 g/mol. The molecule has 2 heterocycles. The van der Waals surface area contributed by atoms with Gasteiger partial charge in [0.05, 0.1) is 18.0 Å². The third-order valence-electron chi connectivity index (χ3n) is 3.51. The van der Waals surface area contributed by atoms with Gasteiger partial charge in [0.15, 0.2) is 0 Å². The molecule has 3 N–H and O–H groups in total. The first kappa shape index (κ1) is 14.2. The zero-order chi connectivity index (χ0) is 14.8. The maximum atomic E-state index is 12.0. The van der Waals surface area contributed by atoms with Crippen LogP contribution in [0.2, 0.25) is 0 Å². The Morgan fingerprint density at radius 1 is 1.43 bits per heavy atom. The number of benzene rings is 1. The van der Waals surface area contributed by atoms with Gasteiger partial charge >= 0.3 is 6.09 Å². The van der Waals surface area contributed by atoms with E-state index in [1.807, 2.05) is 18.2 Å². The Morgan fingerprint density at radius 3 is 3.10 bits per heavy atom. The van der Waals surface area contributed by atoms with Gasteiger partial charge < -0.3 is 15.8 Å². The van der Waals surface area contributed by atoms with Crippen molar-refractivity contribution in [1.82, 2.24) is 0 Å². The second-order valence-corrected chi connectivity index (χ2v) is 6.08. The standard InChI is InChI=1S/C14H17N3O3S/c15-5-1-2-10-7-17(14(19)20-10)9-3-4-12-11(6-9)16-13(18)8-21-12/h3-4,6,10H,1-2,5,7-8,15H2,(H,16,18)/t10-/m1/s1. The second kappa shape index (κ2) is 5.95. The van der Waals surface area contributed by atoms with Gasteiger partial charge in [-0.15, -0.1) is 11.8 Å². The van der Waals surface area contributed by atoms with Gasteiger partial charge in [-0.3, -0.25) is 9.69 Å². The molecule has 1 fully saturated rings. The van der Waals surface area contributed by atoms with Crippen molar-refractivity contribution in [2.75, 3.05) is 29.1 Å². The Balaban J connectivity index is 1.76. The Kier molecular flexibility index (Phi) is 4.03. The van der Waals surface area contributed by atoms with Crippen LogP contribution in [0, 0.1) is 0 Å². The number of fused-ring (bicyclic) bond motifs is 1. The SMILES string of the molecule is NCCC[C@@H]1CN(c2ccc3c(c2)NC(=O)CS3)C(=O)O1. The quantitative estimate of drug-likeness (QED) is 0.886. The topological polar surface area (TPSA) is 84.7 Å². The van der Waals surface area contributed by atoms with E-state index in [2.05, 4.69) is 5.32 Å². The normalized spacial score (nSPS) is 21.0. The number of carbonyl (C=O) groups is 2. The second-order valence-electron chi connectivity index (χ2n) is 5.06. The van der Waals surface area contributed by atoms with Gasteiger partial charge in [0.2, 0.25) is 5.91 Å². The van der Waals surface area contributed by atoms with E-state index >= 15 is 0 Å². The van der Waals surface area contributed by atoms with E-state index in [0.717, 1.165) is 29.1 Å². The van der Waals surface area contributed by atoms with Gasteiger partial charge in [0, 0.05) is 10.6 Å². The molecule has 112 valence electrons. The van der Waals surface area contributed by atoms with Crippen molar-refractivity contribution >= 4 is 35.1 Å². The summed E-state index contributed by atoms with van der Waals surface area (Å²) >= 11 is 1.50. The highest BCUT2D eigenvalue weighted by atomic mass is 32.2. The van der Waals surface area contributed by atoms with Crippen molar-refractivity contribution in [2.24, 2.45) is 5.73 Å². The first-order valence-corrected chi connectivity index (χ1v) is 7.91. The van der Waals surface area contributed by atoms with Crippen LogP contribution in [0.3, 0.4) is 0 Å². The van der Waals surface area contributed by atoms with Crippen molar-refractivity contribution in [3.05, 3.63) is 18.2 Å². The van der Waals surface area contributed by atoms with Crippen molar-refractivity contribution < 1.29 is 14.3 Å². The van der Waals surface area contributed by atoms with Crippen LogP contribution in [-0.4, -0.2) is 36.9 Å². The number of nitrogens with two attached hydrogens (primary N) is 1. The molecule has 0 unspecified atom stereocenters. The summed E-state index contributed by atoms with van der Waals surface area (Å²) < 4.78 is 5.33. The lowest BCUT2D eigenvalue weighted by molar-refractivity contribution is -0.113. The Morgan fingerprint density at radius 2 is 2.29 bits per heavy atom. The Labute approximate surface area is 127 Å². The minimum atomic E-state index is -0.341. The van der Waals surface area contributed by atoms with Gasteiger partial charge in [-0.2, -0.15) is 0 Å². The molecule has 6 nitrogen and oxygen atoms in total. The molecule has 0 bridgehead atoms. The highest BCUT2D eigenvalue weighted by molar-refractivity contribution is 8.00. The van der Waals surface area contributed by atoms with Crippen LogP contribution in [0.5, 0.6) is 0 Å². The number of nitrogens with one attached hydrogen (secondary N) is 1. The Bertz CT molecular complexity index is 579. The van der Waals surface area contributed by atoms with Crippen LogP contribution in [0.4, 0.5) is 16.2 Å². The predicted molar refractivity (Wildman–Crippen MR) is 81.7 cm³/mol. The monoisotopic (exact) mass is 307 g/mol. The van der Waals surface area contributed by atoms with Crippen LogP contribution < -0.4 is 16.0 Å². The molecule has 7 heteroatoms. The van der Waals surface area contributed by atoms with Gasteiger partial charge in [-0.05, 0) is 37.6 Å². The third-order valence-corrected chi connectivity index (χ3v) is 4.59. The summed E-state index contributed by atoms with van der Waals surface area (Å²) in [5.74, 6) is 0.411. The predicted octanol–water partition coefficient (Wildman–Crippen LogP) is 1.79. The van der Waals surface area contributed by atoms with Gasteiger partial charge in [-0.25, -0.2) is 4.79 Å². The molecule has 0 aliphatic carbocycles. The number of hydrogen-bond acceptors (Lipinski definition) is 5. The zero-order valence-electron chi connectivity index (χ0n) is 11.5. The van der Waals surface area contributed by atoms with Gasteiger partial charge in [-0.1, -0.05) is 0 Å². The summed E-state index contributed by atoms with van der Waals surface area (Å²) in [5, 5.41) is 2.83. The summed E-state index contributed by atoms with van der Waals surface area (Å²) in [5.41, 5.74) is 6.98. The fraction of sp³-hybridized carbons (Fsp3) is 0.429. The van der Waals surface area contributed by atoms with Crippen molar-refractivity contribution in [3.63, 3.8) is 0 Å². The fourth-order valence-corrected chi connectivity index (χ4v) is 3.26. The Hall–Kier alpha value is -1.73. The summed E-state index contributed by atoms with van der Waals surface area (Å²) in [6.07, 6.45) is 1.16. The van der Waals surface area contributed by atoms with Crippen molar-refractivity contribution in [3.8, 4) is 0 Å². The number of carbonyl (C=O) groups excluding carboxylic acids is 2. The van der Waals surface area contributed by atoms with Crippen molar-refractivity contribution in [2.45, 2.75) is 23.8 Å². The number of ether oxygens (including phenoxy) is 1. The molecule has 1 aromatic carbocycles. The first-order chi connectivity index (χ1) is 10.2. The molecule has 1 aromatic rings. The van der Waals surface area contributed by atoms with E-state index < -0.39 is 0 Å². The number of nitrogens with zero attached hydrogens (tertiary/aromatic N) is 1. The first-order valence-electron chi connectivity index (χ1n) is 6.92. The highest BCUT2D eigenvalue weighted by Gasteiger charge is 2.32. The van der Waals surface area contributed by atoms with E-state index in [-0.39, 0.29) is 18.1 Å². The van der Waals surface area contributed by atoms with E-state index in [1.165, 1.54) is 11.8 Å². The van der Waals surface area contributed by atoms with E-state index in [9.17, 15) is 9.59 Å². The average molecular weight is 307 g/mol. The lowest BCUT2D eigenvalue weighted by Crippen LogP contribution is -2.25. The smallest absolute Gasteiger partial charge is 0.414 e. The van der Waals surface area contributed by atoms with Crippen LogP contribution in [0.1, 0.15) is 12.8 Å². The minimum Gasteiger partial charge on any atom is -0.444 e. The maximum Gasteiger partial charge on any atom is 0.414 e. The number of thioether (sulfide) groups is 1. The number of amides is 2. The molecule has 21 heavy (non-hydrogen) atoms. The minimum absolute atomic E-state index is 0.0190. The summed E-state index contributed by atoms with van der Waals surface area (Å²) in [6, 6.07) is 5.64. The van der Waals surface area contributed by atoms with Crippen LogP contribution >= 0.6 is 11.8 Å². The van der Waals surface area contributed by atoms with Crippen LogP contribution in [0.25, 0.3) is 0 Å². The van der Waals surface area contributed by atoms with Gasteiger partial charge in [0.1, 0.15) is 6.10 Å². The molecular formula is C14H17N3O3S. The molecule has 1 atom stereocenters. The van der Waals surface area contributed by atoms with Crippen molar-refractivity contribution in [1.29, 1.82) is 0 Å². The largest absolute Gasteiger partial charge is 0.444 e. The summed E-state index contributed by atoms with van der Waals surface area (Å²) in [6.45, 7) is 1.12. The zero-order valence-corrected chi connectivity index (χ0v) is 12.3. The lowest BCUT2D eigenvalue weighted by Gasteiger charge is -2.19. The van der Waals surface area contributed by atoms with E-state index in [0.29, 0.717) is 18.8 Å². The molecule has 2 aliphatic rings. The van der Waals surface area contributed by atoms with Gasteiger partial charge in [0.25, 0.3) is 0 Å². The summed E-state index contributed by atoms with van der Waals surface area (Å²) in [4.78, 5) is 26.0. The molecule has 0 radical (unpaired) electrons. The molecule has 2 amide bonds. The average Bonchev–Trinajstić information content (AvgIpc) is 2.85. The maximum absolute atomic E-state index is 12.0. The van der Waals surface area contributed by atoms with E-state index in [1.54, 1.807) is 4.90 Å². The number of anilines is 2. The number of cyclic esters (lactones) is 1. The summed E-state index contributed by atoms with van der Waals surface area (Å²) in [7, 11) is 0. The number of rotatable bonds is 4. The lowest BCUT2D eigenvalue weighted by atomic mass is 10.2. The fourth-order valence-electron chi connectivity index (χ4n) is 2.47. The van der Waals surface area contributed by atoms with Crippen LogP contribution in [-0.2, 0) is 9.53 Å². The van der Waals surface area contributed by atoms with E-state index in [4.69, 9.17) is 10.5 Å². The third kappa shape index (κ3) is 2.98. The molecule has 1 saturated heterocycles. The molecule has 0 saturated carbocycles. The highest BCUT2D eigenvalue weighted by Crippen LogP contribution is 2.35. The molecule has 0 aromatic heterocycles.